The molecule has 0 bridgehead atoms. The molecule has 1 N–H and O–H groups in total. The lowest BCUT2D eigenvalue weighted by Gasteiger charge is -2.08. The monoisotopic (exact) mass is 316 g/mol. The number of carbonyl (C=O) groups excluding carboxylic acids is 1. The number of nitrogens with zero attached hydrogens (tertiary/aromatic N) is 3. The smallest absolute Gasteiger partial charge is 0.274 e. The summed E-state index contributed by atoms with van der Waals surface area (Å²) in [6, 6.07) is 6.45. The predicted octanol–water partition coefficient (Wildman–Crippen LogP) is 2.42. The van der Waals surface area contributed by atoms with Crippen LogP contribution in [0, 0.1) is 0 Å². The molecular formula is C15H13ClN4O2. The Morgan fingerprint density at radius 2 is 2.18 bits per heavy atom. The average Bonchev–Trinajstić information content (AvgIpc) is 2.94. The van der Waals surface area contributed by atoms with Crippen LogP contribution in [-0.4, -0.2) is 19.9 Å². The molecule has 0 aliphatic heterocycles. The lowest BCUT2D eigenvalue weighted by Crippen LogP contribution is -2.20. The van der Waals surface area contributed by atoms with Gasteiger partial charge < -0.3 is 9.88 Å². The summed E-state index contributed by atoms with van der Waals surface area (Å²) >= 11 is 6.04. The number of hydrogen-bond donors (Lipinski definition) is 1. The molecule has 3 aromatic rings. The Morgan fingerprint density at radius 1 is 1.36 bits per heavy atom. The molecule has 112 valence electrons. The van der Waals surface area contributed by atoms with Crippen molar-refractivity contribution in [3.8, 4) is 0 Å². The van der Waals surface area contributed by atoms with Crippen molar-refractivity contribution < 1.29 is 4.79 Å². The van der Waals surface area contributed by atoms with Crippen molar-refractivity contribution in [2.75, 3.05) is 5.32 Å². The van der Waals surface area contributed by atoms with Gasteiger partial charge in [-0.1, -0.05) is 11.6 Å². The normalized spacial score (nSPS) is 10.8. The Balaban J connectivity index is 1.94. The van der Waals surface area contributed by atoms with Gasteiger partial charge >= 0.3 is 0 Å². The maximum absolute atomic E-state index is 12.4. The largest absolute Gasteiger partial charge is 0.319 e. The number of rotatable bonds is 3. The van der Waals surface area contributed by atoms with Crippen LogP contribution in [-0.2, 0) is 6.54 Å². The third-order valence-corrected chi connectivity index (χ3v) is 3.60. The molecule has 0 aromatic carbocycles. The third kappa shape index (κ3) is 2.48. The van der Waals surface area contributed by atoms with Crippen LogP contribution in [0.4, 0.5) is 5.69 Å². The summed E-state index contributed by atoms with van der Waals surface area (Å²) in [7, 11) is 0. The molecule has 0 radical (unpaired) electrons. The third-order valence-electron chi connectivity index (χ3n) is 3.30. The van der Waals surface area contributed by atoms with E-state index in [9.17, 15) is 9.59 Å². The number of hydrogen-bond acceptors (Lipinski definition) is 3. The second kappa shape index (κ2) is 5.65. The molecule has 0 fully saturated rings. The first-order valence-electron chi connectivity index (χ1n) is 6.73. The van der Waals surface area contributed by atoms with Gasteiger partial charge in [-0.3, -0.25) is 14.0 Å². The van der Waals surface area contributed by atoms with Crippen LogP contribution in [0.1, 0.15) is 17.4 Å². The number of pyridine rings is 2. The van der Waals surface area contributed by atoms with E-state index in [0.717, 1.165) is 0 Å². The van der Waals surface area contributed by atoms with E-state index in [1.807, 2.05) is 6.92 Å². The topological polar surface area (TPSA) is 68.4 Å². The van der Waals surface area contributed by atoms with Crippen LogP contribution >= 0.6 is 11.6 Å². The van der Waals surface area contributed by atoms with Crippen LogP contribution < -0.4 is 10.9 Å². The Kier molecular flexibility index (Phi) is 3.68. The highest BCUT2D eigenvalue weighted by Gasteiger charge is 2.14. The van der Waals surface area contributed by atoms with E-state index in [-0.39, 0.29) is 11.5 Å². The van der Waals surface area contributed by atoms with E-state index in [1.165, 1.54) is 16.8 Å². The lowest BCUT2D eigenvalue weighted by atomic mass is 10.3. The maximum Gasteiger partial charge on any atom is 0.274 e. The number of anilines is 1. The number of amides is 1. The number of halogens is 1. The van der Waals surface area contributed by atoms with Crippen LogP contribution in [0.5, 0.6) is 0 Å². The number of imidazole rings is 1. The van der Waals surface area contributed by atoms with Gasteiger partial charge in [0.15, 0.2) is 5.65 Å². The molecule has 3 heterocycles. The highest BCUT2D eigenvalue weighted by molar-refractivity contribution is 6.33. The summed E-state index contributed by atoms with van der Waals surface area (Å²) in [6.07, 6.45) is 4.79. The molecule has 0 aliphatic carbocycles. The molecule has 1 amide bonds. The zero-order chi connectivity index (χ0) is 15.7. The van der Waals surface area contributed by atoms with E-state index in [2.05, 4.69) is 10.3 Å². The van der Waals surface area contributed by atoms with Gasteiger partial charge in [-0.15, -0.1) is 0 Å². The molecule has 3 aromatic heterocycles. The molecule has 0 saturated heterocycles. The Hall–Kier alpha value is -2.60. The number of aromatic nitrogens is 3. The van der Waals surface area contributed by atoms with Crippen molar-refractivity contribution in [2.24, 2.45) is 0 Å². The fraction of sp³-hybridized carbons (Fsp3) is 0.133. The number of nitrogens with one attached hydrogen (secondary N) is 1. The minimum absolute atomic E-state index is 0.109. The van der Waals surface area contributed by atoms with Gasteiger partial charge in [0.05, 0.1) is 16.9 Å². The van der Waals surface area contributed by atoms with Gasteiger partial charge in [-0.2, -0.15) is 0 Å². The molecule has 0 saturated carbocycles. The average molecular weight is 317 g/mol. The first kappa shape index (κ1) is 14.3. The van der Waals surface area contributed by atoms with E-state index in [0.29, 0.717) is 28.6 Å². The lowest BCUT2D eigenvalue weighted by molar-refractivity contribution is 0.102. The van der Waals surface area contributed by atoms with Gasteiger partial charge in [-0.05, 0) is 25.1 Å². The Bertz CT molecular complexity index is 913. The molecule has 7 heteroatoms. The highest BCUT2D eigenvalue weighted by atomic mass is 35.5. The number of fused-ring (bicyclic) bond motifs is 1. The minimum atomic E-state index is -0.323. The summed E-state index contributed by atoms with van der Waals surface area (Å²) in [5.41, 5.74) is 1.32. The predicted molar refractivity (Wildman–Crippen MR) is 84.5 cm³/mol. The zero-order valence-electron chi connectivity index (χ0n) is 11.8. The SMILES string of the molecule is CCn1cc(NC(=O)c2cnc3c(Cl)cccn23)ccc1=O. The van der Waals surface area contributed by atoms with Gasteiger partial charge in [0.1, 0.15) is 5.69 Å². The molecule has 3 rings (SSSR count). The summed E-state index contributed by atoms with van der Waals surface area (Å²) in [5.74, 6) is -0.323. The summed E-state index contributed by atoms with van der Waals surface area (Å²) in [5, 5.41) is 3.23. The summed E-state index contributed by atoms with van der Waals surface area (Å²) in [4.78, 5) is 28.1. The number of aryl methyl sites for hydroxylation is 1. The van der Waals surface area contributed by atoms with Crippen LogP contribution in [0.25, 0.3) is 5.65 Å². The first-order valence-corrected chi connectivity index (χ1v) is 7.11. The van der Waals surface area contributed by atoms with E-state index in [4.69, 9.17) is 11.6 Å². The van der Waals surface area contributed by atoms with Crippen LogP contribution in [0.2, 0.25) is 5.02 Å². The molecular weight excluding hydrogens is 304 g/mol. The standard InChI is InChI=1S/C15H13ClN4O2/c1-2-19-9-10(5-6-13(19)21)18-15(22)12-8-17-14-11(16)4-3-7-20(12)14/h3-9H,2H2,1H3,(H,18,22). The van der Waals surface area contributed by atoms with Crippen molar-refractivity contribution in [3.63, 3.8) is 0 Å². The quantitative estimate of drug-likeness (QED) is 0.807. The van der Waals surface area contributed by atoms with E-state index < -0.39 is 0 Å². The minimum Gasteiger partial charge on any atom is -0.319 e. The molecule has 0 unspecified atom stereocenters. The molecule has 22 heavy (non-hydrogen) atoms. The summed E-state index contributed by atoms with van der Waals surface area (Å²) in [6.45, 7) is 2.40. The maximum atomic E-state index is 12.4. The molecule has 0 spiro atoms. The summed E-state index contributed by atoms with van der Waals surface area (Å²) < 4.78 is 3.13. The van der Waals surface area contributed by atoms with Gasteiger partial charge in [-0.25, -0.2) is 4.98 Å². The zero-order valence-corrected chi connectivity index (χ0v) is 12.5. The van der Waals surface area contributed by atoms with Crippen molar-refractivity contribution in [1.29, 1.82) is 0 Å². The van der Waals surface area contributed by atoms with Gasteiger partial charge in [0.25, 0.3) is 11.5 Å². The fourth-order valence-electron chi connectivity index (χ4n) is 2.19. The molecule has 0 aliphatic rings. The van der Waals surface area contributed by atoms with Crippen molar-refractivity contribution in [1.82, 2.24) is 14.0 Å². The second-order valence-electron chi connectivity index (χ2n) is 4.69. The van der Waals surface area contributed by atoms with Crippen molar-refractivity contribution in [3.05, 3.63) is 63.9 Å². The van der Waals surface area contributed by atoms with Crippen LogP contribution in [0.15, 0.2) is 47.7 Å². The first-order chi connectivity index (χ1) is 10.6. The molecule has 6 nitrogen and oxygen atoms in total. The highest BCUT2D eigenvalue weighted by Crippen LogP contribution is 2.17. The Morgan fingerprint density at radius 3 is 2.95 bits per heavy atom. The van der Waals surface area contributed by atoms with E-state index in [1.54, 1.807) is 35.0 Å². The Labute approximate surface area is 131 Å². The van der Waals surface area contributed by atoms with Crippen LogP contribution in [0.3, 0.4) is 0 Å². The van der Waals surface area contributed by atoms with Gasteiger partial charge in [0, 0.05) is 25.0 Å². The molecule has 0 atom stereocenters. The van der Waals surface area contributed by atoms with Crippen molar-refractivity contribution in [2.45, 2.75) is 13.5 Å². The number of carbonyl (C=O) groups is 1. The second-order valence-corrected chi connectivity index (χ2v) is 5.10. The fourth-order valence-corrected chi connectivity index (χ4v) is 2.40. The van der Waals surface area contributed by atoms with Gasteiger partial charge in [0.2, 0.25) is 0 Å². The van der Waals surface area contributed by atoms with Crippen molar-refractivity contribution >= 4 is 28.8 Å². The van der Waals surface area contributed by atoms with E-state index >= 15 is 0 Å².